The molecule has 0 radical (unpaired) electrons. The van der Waals surface area contributed by atoms with Crippen LogP contribution in [0, 0.1) is 5.82 Å². The maximum Gasteiger partial charge on any atom is 0.266 e. The van der Waals surface area contributed by atoms with E-state index in [1.165, 1.54) is 6.07 Å². The van der Waals surface area contributed by atoms with E-state index in [1.54, 1.807) is 6.07 Å². The molecule has 0 spiro atoms. The van der Waals surface area contributed by atoms with E-state index in [9.17, 15) is 9.50 Å². The smallest absolute Gasteiger partial charge is 0.266 e. The van der Waals surface area contributed by atoms with Crippen molar-refractivity contribution in [3.63, 3.8) is 0 Å². The average Bonchev–Trinajstić information content (AvgIpc) is 3.45. The maximum absolute atomic E-state index is 14.0. The van der Waals surface area contributed by atoms with Crippen LogP contribution in [0.3, 0.4) is 0 Å². The van der Waals surface area contributed by atoms with Crippen LogP contribution in [0.5, 0.6) is 0 Å². The van der Waals surface area contributed by atoms with E-state index in [0.29, 0.717) is 24.1 Å². The number of hydrogen-bond donors (Lipinski definition) is 1. The minimum absolute atomic E-state index is 0.119. The second-order valence-electron chi connectivity index (χ2n) is 8.05. The summed E-state index contributed by atoms with van der Waals surface area (Å²) in [6.07, 6.45) is 2.65. The number of β-amino-alcohol motifs (C(OH)–C–C–N with tert-alkyl or cyclic N) is 1. The Bertz CT molecular complexity index is 818. The first-order valence-electron chi connectivity index (χ1n) is 10.2. The van der Waals surface area contributed by atoms with Crippen molar-refractivity contribution in [1.82, 2.24) is 15.0 Å². The van der Waals surface area contributed by atoms with Gasteiger partial charge in [0.2, 0.25) is 5.89 Å². The zero-order chi connectivity index (χ0) is 19.1. The van der Waals surface area contributed by atoms with Crippen LogP contribution in [0.15, 0.2) is 28.8 Å². The second kappa shape index (κ2) is 7.33. The molecule has 0 unspecified atom stereocenters. The molecule has 1 aromatic carbocycles. The number of aliphatic hydroxyl groups excluding tert-OH is 1. The van der Waals surface area contributed by atoms with Crippen LogP contribution in [-0.2, 0) is 0 Å². The van der Waals surface area contributed by atoms with E-state index in [4.69, 9.17) is 4.52 Å². The van der Waals surface area contributed by atoms with Crippen molar-refractivity contribution < 1.29 is 14.0 Å². The maximum atomic E-state index is 14.0. The Morgan fingerprint density at radius 2 is 1.79 bits per heavy atom. The zero-order valence-corrected chi connectivity index (χ0v) is 15.9. The van der Waals surface area contributed by atoms with Gasteiger partial charge in [0.1, 0.15) is 5.82 Å². The van der Waals surface area contributed by atoms with Gasteiger partial charge in [0.25, 0.3) is 5.95 Å². The molecule has 2 saturated heterocycles. The molecule has 1 N–H and O–H groups in total. The Labute approximate surface area is 163 Å². The van der Waals surface area contributed by atoms with Crippen molar-refractivity contribution in [1.29, 1.82) is 0 Å². The SMILES string of the molecule is O[C@@H]1CN(c2noc(C3CC3)n2)CC[C@H]1N1CCN(c2ccccc2F)CC1. The van der Waals surface area contributed by atoms with Crippen molar-refractivity contribution in [2.24, 2.45) is 0 Å². The molecule has 2 aliphatic heterocycles. The number of aromatic nitrogens is 2. The molecule has 0 bridgehead atoms. The lowest BCUT2D eigenvalue weighted by molar-refractivity contribution is 0.0334. The van der Waals surface area contributed by atoms with Crippen LogP contribution in [0.1, 0.15) is 31.1 Å². The fraction of sp³-hybridized carbons (Fsp3) is 0.600. The Hall–Kier alpha value is -2.19. The van der Waals surface area contributed by atoms with Gasteiger partial charge in [-0.1, -0.05) is 12.1 Å². The fourth-order valence-electron chi connectivity index (χ4n) is 4.38. The third kappa shape index (κ3) is 3.46. The van der Waals surface area contributed by atoms with Crippen LogP contribution in [0.25, 0.3) is 0 Å². The molecule has 150 valence electrons. The topological polar surface area (TPSA) is 68.9 Å². The van der Waals surface area contributed by atoms with Gasteiger partial charge >= 0.3 is 0 Å². The van der Waals surface area contributed by atoms with E-state index in [1.807, 2.05) is 17.0 Å². The van der Waals surface area contributed by atoms with Gasteiger partial charge in [-0.15, -0.1) is 0 Å². The fourth-order valence-corrected chi connectivity index (χ4v) is 4.38. The summed E-state index contributed by atoms with van der Waals surface area (Å²) >= 11 is 0. The zero-order valence-electron chi connectivity index (χ0n) is 15.9. The summed E-state index contributed by atoms with van der Waals surface area (Å²) in [7, 11) is 0. The predicted octanol–water partition coefficient (Wildman–Crippen LogP) is 1.85. The molecule has 1 aliphatic carbocycles. The molecule has 3 heterocycles. The summed E-state index contributed by atoms with van der Waals surface area (Å²) in [6.45, 7) is 4.50. The Morgan fingerprint density at radius 1 is 1.00 bits per heavy atom. The normalized spacial score (nSPS) is 26.6. The van der Waals surface area contributed by atoms with E-state index in [-0.39, 0.29) is 11.9 Å². The van der Waals surface area contributed by atoms with E-state index in [2.05, 4.69) is 19.9 Å². The summed E-state index contributed by atoms with van der Waals surface area (Å²) in [5.74, 6) is 1.60. The second-order valence-corrected chi connectivity index (χ2v) is 8.05. The van der Waals surface area contributed by atoms with Crippen LogP contribution in [-0.4, -0.2) is 71.6 Å². The first-order valence-corrected chi connectivity index (χ1v) is 10.2. The Kier molecular flexibility index (Phi) is 4.68. The number of hydrogen-bond acceptors (Lipinski definition) is 7. The molecule has 28 heavy (non-hydrogen) atoms. The summed E-state index contributed by atoms with van der Waals surface area (Å²) in [6, 6.07) is 7.05. The van der Waals surface area contributed by atoms with Crippen molar-refractivity contribution in [3.05, 3.63) is 36.0 Å². The number of piperazine rings is 1. The summed E-state index contributed by atoms with van der Waals surface area (Å²) < 4.78 is 19.4. The van der Waals surface area contributed by atoms with Gasteiger partial charge in [-0.25, -0.2) is 4.39 Å². The monoisotopic (exact) mass is 387 g/mol. The predicted molar refractivity (Wildman–Crippen MR) is 103 cm³/mol. The minimum Gasteiger partial charge on any atom is -0.390 e. The molecule has 5 rings (SSSR count). The highest BCUT2D eigenvalue weighted by atomic mass is 19.1. The van der Waals surface area contributed by atoms with Gasteiger partial charge < -0.3 is 19.4 Å². The number of benzene rings is 1. The highest BCUT2D eigenvalue weighted by Gasteiger charge is 2.36. The molecular weight excluding hydrogens is 361 g/mol. The van der Waals surface area contributed by atoms with Crippen LogP contribution in [0.2, 0.25) is 0 Å². The summed E-state index contributed by atoms with van der Waals surface area (Å²) in [5.41, 5.74) is 0.668. The van der Waals surface area contributed by atoms with Crippen molar-refractivity contribution in [2.45, 2.75) is 37.3 Å². The van der Waals surface area contributed by atoms with Gasteiger partial charge in [-0.05, 0) is 36.6 Å². The molecule has 3 aliphatic rings. The van der Waals surface area contributed by atoms with Crippen LogP contribution in [0.4, 0.5) is 16.0 Å². The molecule has 2 aromatic rings. The van der Waals surface area contributed by atoms with Crippen molar-refractivity contribution >= 4 is 11.6 Å². The lowest BCUT2D eigenvalue weighted by Gasteiger charge is -2.45. The number of anilines is 2. The van der Waals surface area contributed by atoms with Gasteiger partial charge in [-0.3, -0.25) is 4.90 Å². The average molecular weight is 387 g/mol. The molecular formula is C20H26FN5O2. The lowest BCUT2D eigenvalue weighted by Crippen LogP contribution is -2.59. The first kappa shape index (κ1) is 17.9. The van der Waals surface area contributed by atoms with Crippen molar-refractivity contribution in [2.75, 3.05) is 49.1 Å². The Morgan fingerprint density at radius 3 is 2.50 bits per heavy atom. The third-order valence-corrected chi connectivity index (χ3v) is 6.16. The van der Waals surface area contributed by atoms with Crippen LogP contribution < -0.4 is 9.80 Å². The molecule has 0 amide bonds. The summed E-state index contributed by atoms with van der Waals surface area (Å²) in [5, 5.41) is 14.9. The number of para-hydroxylation sites is 1. The van der Waals surface area contributed by atoms with E-state index < -0.39 is 6.10 Å². The van der Waals surface area contributed by atoms with E-state index >= 15 is 0 Å². The first-order chi connectivity index (χ1) is 13.7. The molecule has 8 heteroatoms. The van der Waals surface area contributed by atoms with Gasteiger partial charge in [0.05, 0.1) is 11.8 Å². The van der Waals surface area contributed by atoms with Crippen LogP contribution >= 0.6 is 0 Å². The van der Waals surface area contributed by atoms with Gasteiger partial charge in [-0.2, -0.15) is 4.98 Å². The third-order valence-electron chi connectivity index (χ3n) is 6.16. The molecule has 1 aromatic heterocycles. The number of rotatable bonds is 4. The minimum atomic E-state index is -0.461. The highest BCUT2D eigenvalue weighted by molar-refractivity contribution is 5.48. The quantitative estimate of drug-likeness (QED) is 0.859. The van der Waals surface area contributed by atoms with Gasteiger partial charge in [0.15, 0.2) is 0 Å². The lowest BCUT2D eigenvalue weighted by atomic mass is 9.99. The number of halogens is 1. The highest BCUT2D eigenvalue weighted by Crippen LogP contribution is 2.39. The molecule has 7 nitrogen and oxygen atoms in total. The van der Waals surface area contributed by atoms with E-state index in [0.717, 1.165) is 57.9 Å². The number of piperidine rings is 1. The van der Waals surface area contributed by atoms with Crippen molar-refractivity contribution in [3.8, 4) is 0 Å². The largest absolute Gasteiger partial charge is 0.390 e. The number of aliphatic hydroxyl groups is 1. The standard InChI is InChI=1S/C20H26FN5O2/c21-15-3-1-2-4-16(15)24-9-11-25(12-10-24)17-7-8-26(13-18(17)27)20-22-19(28-23-20)14-5-6-14/h1-4,14,17-18,27H,5-13H2/t17-,18-/m1/s1. The Balaban J connectivity index is 1.17. The van der Waals surface area contributed by atoms with Gasteiger partial charge in [0, 0.05) is 51.2 Å². The molecule has 2 atom stereocenters. The molecule has 3 fully saturated rings. The number of nitrogens with zero attached hydrogens (tertiary/aromatic N) is 5. The molecule has 1 saturated carbocycles. The summed E-state index contributed by atoms with van der Waals surface area (Å²) in [4.78, 5) is 10.9.